The van der Waals surface area contributed by atoms with Crippen LogP contribution in [0.4, 0.5) is 0 Å². The van der Waals surface area contributed by atoms with Gasteiger partial charge in [0, 0.05) is 25.7 Å². The quantitative estimate of drug-likeness (QED) is 0.685. The van der Waals surface area contributed by atoms with Crippen LogP contribution in [-0.2, 0) is 9.47 Å². The molecular weight excluding hydrogens is 156 g/mol. The fraction of sp³-hybridized carbons (Fsp3) is 1.00. The first-order valence-electron chi connectivity index (χ1n) is 4.63. The maximum absolute atomic E-state index is 8.76. The Balaban J connectivity index is 2.05. The summed E-state index contributed by atoms with van der Waals surface area (Å²) in [4.78, 5) is 0. The molecule has 0 aromatic rings. The normalized spacial score (nSPS) is 22.5. The molecule has 0 aromatic heterocycles. The third kappa shape index (κ3) is 3.52. The lowest BCUT2D eigenvalue weighted by Gasteiger charge is -2.23. The summed E-state index contributed by atoms with van der Waals surface area (Å²) in [5.41, 5.74) is 0. The van der Waals surface area contributed by atoms with Gasteiger partial charge in [-0.15, -0.1) is 0 Å². The van der Waals surface area contributed by atoms with Crippen LogP contribution >= 0.6 is 0 Å². The van der Waals surface area contributed by atoms with Gasteiger partial charge < -0.3 is 14.6 Å². The topological polar surface area (TPSA) is 38.7 Å². The summed E-state index contributed by atoms with van der Waals surface area (Å²) in [7, 11) is 0. The number of rotatable bonds is 4. The summed E-state index contributed by atoms with van der Waals surface area (Å²) in [5, 5.41) is 8.76. The summed E-state index contributed by atoms with van der Waals surface area (Å²) in [6.07, 6.45) is 2.35. The van der Waals surface area contributed by atoms with Gasteiger partial charge in [-0.2, -0.15) is 0 Å². The van der Waals surface area contributed by atoms with Crippen LogP contribution in [-0.4, -0.2) is 37.6 Å². The van der Waals surface area contributed by atoms with Crippen LogP contribution < -0.4 is 0 Å². The van der Waals surface area contributed by atoms with Crippen molar-refractivity contribution in [3.8, 4) is 0 Å². The molecule has 72 valence electrons. The standard InChI is InChI=1S/C9H18O3/c1-8(6-10)7-12-9-2-4-11-5-3-9/h8-10H,2-7H2,1H3. The second-order valence-corrected chi connectivity index (χ2v) is 3.43. The van der Waals surface area contributed by atoms with Crippen LogP contribution in [0.1, 0.15) is 19.8 Å². The Morgan fingerprint density at radius 3 is 2.75 bits per heavy atom. The van der Waals surface area contributed by atoms with E-state index < -0.39 is 0 Å². The highest BCUT2D eigenvalue weighted by Gasteiger charge is 2.14. The molecule has 1 aliphatic rings. The third-order valence-corrected chi connectivity index (χ3v) is 2.10. The van der Waals surface area contributed by atoms with E-state index in [1.807, 2.05) is 6.92 Å². The highest BCUT2D eigenvalue weighted by Crippen LogP contribution is 2.11. The molecule has 0 amide bonds. The number of hydrogen-bond donors (Lipinski definition) is 1. The van der Waals surface area contributed by atoms with E-state index in [9.17, 15) is 0 Å². The van der Waals surface area contributed by atoms with Gasteiger partial charge in [0.1, 0.15) is 0 Å². The maximum Gasteiger partial charge on any atom is 0.0619 e. The molecule has 1 saturated heterocycles. The summed E-state index contributed by atoms with van der Waals surface area (Å²) in [6.45, 7) is 4.50. The molecule has 0 aliphatic carbocycles. The minimum atomic E-state index is 0.212. The molecule has 1 fully saturated rings. The largest absolute Gasteiger partial charge is 0.396 e. The van der Waals surface area contributed by atoms with Crippen LogP contribution in [0.2, 0.25) is 0 Å². The molecule has 3 heteroatoms. The van der Waals surface area contributed by atoms with Crippen molar-refractivity contribution in [2.24, 2.45) is 5.92 Å². The Bertz CT molecular complexity index is 110. The van der Waals surface area contributed by atoms with Crippen LogP contribution in [0, 0.1) is 5.92 Å². The van der Waals surface area contributed by atoms with Crippen molar-refractivity contribution < 1.29 is 14.6 Å². The van der Waals surface area contributed by atoms with Gasteiger partial charge in [0.05, 0.1) is 12.7 Å². The maximum atomic E-state index is 8.76. The van der Waals surface area contributed by atoms with Crippen molar-refractivity contribution in [3.63, 3.8) is 0 Å². The van der Waals surface area contributed by atoms with Crippen LogP contribution in [0.3, 0.4) is 0 Å². The van der Waals surface area contributed by atoms with E-state index in [1.165, 1.54) is 0 Å². The first-order chi connectivity index (χ1) is 5.83. The van der Waals surface area contributed by atoms with Crippen molar-refractivity contribution in [2.45, 2.75) is 25.9 Å². The smallest absolute Gasteiger partial charge is 0.0619 e. The fourth-order valence-electron chi connectivity index (χ4n) is 1.20. The summed E-state index contributed by atoms with van der Waals surface area (Å²) in [6, 6.07) is 0. The molecular formula is C9H18O3. The predicted octanol–water partition coefficient (Wildman–Crippen LogP) is 0.810. The molecule has 1 heterocycles. The van der Waals surface area contributed by atoms with Gasteiger partial charge in [0.15, 0.2) is 0 Å². The van der Waals surface area contributed by atoms with Crippen LogP contribution in [0.15, 0.2) is 0 Å². The van der Waals surface area contributed by atoms with Gasteiger partial charge in [0.25, 0.3) is 0 Å². The van der Waals surface area contributed by atoms with Gasteiger partial charge in [0.2, 0.25) is 0 Å². The van der Waals surface area contributed by atoms with E-state index in [0.717, 1.165) is 26.1 Å². The molecule has 12 heavy (non-hydrogen) atoms. The Morgan fingerprint density at radius 1 is 1.50 bits per heavy atom. The molecule has 0 saturated carbocycles. The molecule has 0 spiro atoms. The summed E-state index contributed by atoms with van der Waals surface area (Å²) < 4.78 is 10.8. The minimum absolute atomic E-state index is 0.212. The molecule has 0 radical (unpaired) electrons. The zero-order chi connectivity index (χ0) is 8.81. The van der Waals surface area contributed by atoms with E-state index in [-0.39, 0.29) is 12.5 Å². The Morgan fingerprint density at radius 2 is 2.17 bits per heavy atom. The zero-order valence-electron chi connectivity index (χ0n) is 7.66. The van der Waals surface area contributed by atoms with E-state index in [4.69, 9.17) is 14.6 Å². The van der Waals surface area contributed by atoms with E-state index in [1.54, 1.807) is 0 Å². The highest BCUT2D eigenvalue weighted by atomic mass is 16.5. The van der Waals surface area contributed by atoms with Crippen LogP contribution in [0.25, 0.3) is 0 Å². The second-order valence-electron chi connectivity index (χ2n) is 3.43. The monoisotopic (exact) mass is 174 g/mol. The second kappa shape index (κ2) is 5.51. The van der Waals surface area contributed by atoms with Gasteiger partial charge >= 0.3 is 0 Å². The van der Waals surface area contributed by atoms with Crippen molar-refractivity contribution in [1.82, 2.24) is 0 Å². The van der Waals surface area contributed by atoms with E-state index in [0.29, 0.717) is 12.7 Å². The number of aliphatic hydroxyl groups excluding tert-OH is 1. The van der Waals surface area contributed by atoms with Gasteiger partial charge in [-0.3, -0.25) is 0 Å². The van der Waals surface area contributed by atoms with Crippen molar-refractivity contribution in [2.75, 3.05) is 26.4 Å². The van der Waals surface area contributed by atoms with Crippen molar-refractivity contribution >= 4 is 0 Å². The average Bonchev–Trinajstić information content (AvgIpc) is 2.16. The lowest BCUT2D eigenvalue weighted by molar-refractivity contribution is -0.0456. The fourth-order valence-corrected chi connectivity index (χ4v) is 1.20. The highest BCUT2D eigenvalue weighted by molar-refractivity contribution is 4.63. The molecule has 1 unspecified atom stereocenters. The number of ether oxygens (including phenoxy) is 2. The van der Waals surface area contributed by atoms with Crippen molar-refractivity contribution in [1.29, 1.82) is 0 Å². The Labute approximate surface area is 73.7 Å². The van der Waals surface area contributed by atoms with Gasteiger partial charge in [-0.25, -0.2) is 0 Å². The molecule has 0 bridgehead atoms. The average molecular weight is 174 g/mol. The van der Waals surface area contributed by atoms with Gasteiger partial charge in [-0.1, -0.05) is 6.92 Å². The first-order valence-corrected chi connectivity index (χ1v) is 4.63. The Hall–Kier alpha value is -0.120. The molecule has 3 nitrogen and oxygen atoms in total. The first kappa shape index (κ1) is 9.96. The van der Waals surface area contributed by atoms with Crippen LogP contribution in [0.5, 0.6) is 0 Å². The molecule has 1 rings (SSSR count). The minimum Gasteiger partial charge on any atom is -0.396 e. The third-order valence-electron chi connectivity index (χ3n) is 2.10. The lowest BCUT2D eigenvalue weighted by atomic mass is 10.1. The molecule has 1 atom stereocenters. The van der Waals surface area contributed by atoms with Crippen molar-refractivity contribution in [3.05, 3.63) is 0 Å². The summed E-state index contributed by atoms with van der Waals surface area (Å²) >= 11 is 0. The number of hydrogen-bond acceptors (Lipinski definition) is 3. The van der Waals surface area contributed by atoms with E-state index >= 15 is 0 Å². The van der Waals surface area contributed by atoms with E-state index in [2.05, 4.69) is 0 Å². The SMILES string of the molecule is CC(CO)COC1CCOCC1. The number of aliphatic hydroxyl groups is 1. The molecule has 1 aliphatic heterocycles. The van der Waals surface area contributed by atoms with Gasteiger partial charge in [-0.05, 0) is 12.8 Å². The predicted molar refractivity (Wildman–Crippen MR) is 46.0 cm³/mol. The summed E-state index contributed by atoms with van der Waals surface area (Å²) in [5.74, 6) is 0.257. The Kier molecular flexibility index (Phi) is 4.58. The lowest BCUT2D eigenvalue weighted by Crippen LogP contribution is -2.25. The molecule has 0 aromatic carbocycles. The zero-order valence-corrected chi connectivity index (χ0v) is 7.66. The molecule has 1 N–H and O–H groups in total.